The molecule has 4 rings (SSSR count). The van der Waals surface area contributed by atoms with E-state index in [2.05, 4.69) is 60.1 Å². The number of fused-ring (bicyclic) bond motifs is 1. The summed E-state index contributed by atoms with van der Waals surface area (Å²) in [6, 6.07) is 12.1. The molecule has 0 amide bonds. The predicted octanol–water partition coefficient (Wildman–Crippen LogP) is 4.70. The normalized spacial score (nSPS) is 12.9. The molecule has 0 aliphatic rings. The molecule has 0 spiro atoms. The third-order valence-electron chi connectivity index (χ3n) is 6.27. The van der Waals surface area contributed by atoms with Crippen LogP contribution < -0.4 is 16.0 Å². The van der Waals surface area contributed by atoms with Crippen molar-refractivity contribution in [2.75, 3.05) is 49.3 Å². The first-order valence-corrected chi connectivity index (χ1v) is 13.7. The lowest BCUT2D eigenvalue weighted by Gasteiger charge is -2.27. The van der Waals surface area contributed by atoms with Crippen LogP contribution in [0.5, 0.6) is 0 Å². The lowest BCUT2D eigenvalue weighted by molar-refractivity contribution is 0.476. The molecule has 4 heterocycles. The van der Waals surface area contributed by atoms with Gasteiger partial charge in [-0.2, -0.15) is 11.8 Å². The van der Waals surface area contributed by atoms with Crippen molar-refractivity contribution >= 4 is 34.4 Å². The first-order chi connectivity index (χ1) is 17.7. The van der Waals surface area contributed by atoms with Crippen LogP contribution in [0.3, 0.4) is 0 Å². The number of nitrogens with one attached hydrogen (secondary N) is 3. The first kappa shape index (κ1) is 25.8. The van der Waals surface area contributed by atoms with Crippen molar-refractivity contribution in [2.24, 2.45) is 5.92 Å². The number of aromatic nitrogens is 5. The molecule has 0 aliphatic carbocycles. The quantitative estimate of drug-likeness (QED) is 0.225. The predicted molar refractivity (Wildman–Crippen MR) is 151 cm³/mol. The summed E-state index contributed by atoms with van der Waals surface area (Å²) in [5.41, 5.74) is 5.02. The van der Waals surface area contributed by atoms with Gasteiger partial charge in [0, 0.05) is 49.9 Å². The van der Waals surface area contributed by atoms with E-state index in [4.69, 9.17) is 0 Å². The fourth-order valence-electron chi connectivity index (χ4n) is 4.45. The molecule has 3 N–H and O–H groups in total. The third-order valence-corrected chi connectivity index (χ3v) is 7.03. The fraction of sp³-hybridized carbons (Fsp3) is 0.370. The zero-order chi connectivity index (χ0) is 25.2. The summed E-state index contributed by atoms with van der Waals surface area (Å²) in [7, 11) is 1.93. The summed E-state index contributed by atoms with van der Waals surface area (Å²) in [6.07, 6.45) is 10.4. The fourth-order valence-corrected chi connectivity index (χ4v) is 5.23. The monoisotopic (exact) mass is 502 g/mol. The van der Waals surface area contributed by atoms with Crippen LogP contribution >= 0.6 is 11.8 Å². The molecule has 36 heavy (non-hydrogen) atoms. The van der Waals surface area contributed by atoms with Gasteiger partial charge in [0.25, 0.3) is 0 Å². The Morgan fingerprint density at radius 2 is 1.83 bits per heavy atom. The minimum Gasteiger partial charge on any atom is -0.370 e. The van der Waals surface area contributed by atoms with Crippen LogP contribution in [0.1, 0.15) is 24.8 Å². The molecule has 0 radical (unpaired) electrons. The third kappa shape index (κ3) is 6.47. The van der Waals surface area contributed by atoms with Crippen molar-refractivity contribution < 1.29 is 0 Å². The average molecular weight is 503 g/mol. The van der Waals surface area contributed by atoms with Gasteiger partial charge in [0.1, 0.15) is 18.0 Å². The molecule has 0 bridgehead atoms. The number of hydrogen-bond acceptors (Lipinski definition) is 9. The van der Waals surface area contributed by atoms with Crippen LogP contribution in [0.15, 0.2) is 61.3 Å². The molecule has 9 heteroatoms. The van der Waals surface area contributed by atoms with Gasteiger partial charge in [-0.1, -0.05) is 6.92 Å². The van der Waals surface area contributed by atoms with Gasteiger partial charge in [0.05, 0.1) is 16.7 Å². The van der Waals surface area contributed by atoms with E-state index in [0.29, 0.717) is 11.8 Å². The second-order valence-electron chi connectivity index (χ2n) is 8.63. The molecule has 0 saturated heterocycles. The smallest absolute Gasteiger partial charge is 0.129 e. The molecule has 188 valence electrons. The lowest BCUT2D eigenvalue weighted by Crippen LogP contribution is -2.24. The second kappa shape index (κ2) is 13.1. The average Bonchev–Trinajstić information content (AvgIpc) is 2.93. The van der Waals surface area contributed by atoms with Crippen LogP contribution in [0.4, 0.5) is 11.6 Å². The van der Waals surface area contributed by atoms with Gasteiger partial charge in [-0.25, -0.2) is 15.0 Å². The Labute approximate surface area is 217 Å². The highest BCUT2D eigenvalue weighted by atomic mass is 32.2. The number of thioether (sulfide) groups is 1. The van der Waals surface area contributed by atoms with Gasteiger partial charge < -0.3 is 16.0 Å². The highest BCUT2D eigenvalue weighted by Crippen LogP contribution is 2.33. The molecular weight excluding hydrogens is 468 g/mol. The number of pyridine rings is 3. The largest absolute Gasteiger partial charge is 0.370 e. The van der Waals surface area contributed by atoms with Gasteiger partial charge in [0.15, 0.2) is 0 Å². The highest BCUT2D eigenvalue weighted by molar-refractivity contribution is 7.98. The van der Waals surface area contributed by atoms with E-state index in [9.17, 15) is 0 Å². The number of rotatable bonds is 13. The van der Waals surface area contributed by atoms with E-state index in [1.165, 1.54) is 5.56 Å². The van der Waals surface area contributed by atoms with Crippen molar-refractivity contribution in [1.29, 1.82) is 0 Å². The molecule has 8 nitrogen and oxygen atoms in total. The van der Waals surface area contributed by atoms with Gasteiger partial charge in [0.2, 0.25) is 0 Å². The molecule has 2 atom stereocenters. The Morgan fingerprint density at radius 3 is 2.61 bits per heavy atom. The van der Waals surface area contributed by atoms with E-state index in [0.717, 1.165) is 65.7 Å². The molecule has 4 aromatic rings. The van der Waals surface area contributed by atoms with Crippen molar-refractivity contribution in [3.8, 4) is 11.3 Å². The summed E-state index contributed by atoms with van der Waals surface area (Å²) in [5.74, 6) is 3.46. The second-order valence-corrected chi connectivity index (χ2v) is 9.54. The SMILES string of the molecule is CCC(c1ccnc2cccnc12)C(CNc1cc(-c2ccc(NCCNC)nc2)ncn1)CSC. The molecule has 0 saturated carbocycles. The summed E-state index contributed by atoms with van der Waals surface area (Å²) >= 11 is 1.87. The van der Waals surface area contributed by atoms with E-state index in [-0.39, 0.29) is 0 Å². The molecular formula is C27H34N8S. The number of nitrogens with zero attached hydrogens (tertiary/aromatic N) is 5. The van der Waals surface area contributed by atoms with Crippen molar-refractivity contribution in [3.63, 3.8) is 0 Å². The molecule has 0 aliphatic heterocycles. The Hall–Kier alpha value is -3.30. The van der Waals surface area contributed by atoms with Crippen molar-refractivity contribution in [3.05, 3.63) is 66.9 Å². The summed E-state index contributed by atoms with van der Waals surface area (Å²) in [4.78, 5) is 22.6. The molecule has 0 fully saturated rings. The van der Waals surface area contributed by atoms with Crippen LogP contribution in [-0.2, 0) is 0 Å². The zero-order valence-corrected chi connectivity index (χ0v) is 21.9. The zero-order valence-electron chi connectivity index (χ0n) is 21.1. The van der Waals surface area contributed by atoms with Crippen molar-refractivity contribution in [2.45, 2.75) is 19.3 Å². The van der Waals surface area contributed by atoms with Gasteiger partial charge in [-0.15, -0.1) is 0 Å². The van der Waals surface area contributed by atoms with E-state index in [1.807, 2.05) is 67.7 Å². The first-order valence-electron chi connectivity index (χ1n) is 12.3. The lowest BCUT2D eigenvalue weighted by atomic mass is 9.84. The molecule has 2 unspecified atom stereocenters. The van der Waals surface area contributed by atoms with E-state index < -0.39 is 0 Å². The van der Waals surface area contributed by atoms with Gasteiger partial charge >= 0.3 is 0 Å². The summed E-state index contributed by atoms with van der Waals surface area (Å²) in [6.45, 7) is 4.76. The Bertz CT molecular complexity index is 1230. The highest BCUT2D eigenvalue weighted by Gasteiger charge is 2.24. The minimum absolute atomic E-state index is 0.360. The Balaban J connectivity index is 1.48. The number of likely N-dealkylation sites (N-methyl/N-ethyl adjacent to an activating group) is 1. The maximum Gasteiger partial charge on any atom is 0.129 e. The van der Waals surface area contributed by atoms with Crippen LogP contribution in [0, 0.1) is 5.92 Å². The van der Waals surface area contributed by atoms with Gasteiger partial charge in [-0.3, -0.25) is 9.97 Å². The number of anilines is 2. The van der Waals surface area contributed by atoms with Crippen molar-refractivity contribution in [1.82, 2.24) is 30.2 Å². The maximum atomic E-state index is 4.66. The molecule has 0 aromatic carbocycles. The van der Waals surface area contributed by atoms with Crippen LogP contribution in [0.2, 0.25) is 0 Å². The standard InChI is InChI=1S/C27H34N8S/c1-4-21(22-9-11-29-23-6-5-10-31-27(22)23)20(17-36-3)16-33-26-14-24(34-18-35-26)19-7-8-25(32-15-19)30-13-12-28-2/h5-11,14-15,18,20-21,28H,4,12-13,16-17H2,1-3H3,(H,30,32)(H,33,34,35). The Kier molecular flexibility index (Phi) is 9.40. The van der Waals surface area contributed by atoms with Crippen LogP contribution in [0.25, 0.3) is 22.3 Å². The molecule has 4 aromatic heterocycles. The summed E-state index contributed by atoms with van der Waals surface area (Å²) in [5, 5.41) is 9.98. The van der Waals surface area contributed by atoms with E-state index >= 15 is 0 Å². The Morgan fingerprint density at radius 1 is 0.917 bits per heavy atom. The topological polar surface area (TPSA) is 101 Å². The van der Waals surface area contributed by atoms with Crippen LogP contribution in [-0.4, -0.2) is 63.6 Å². The van der Waals surface area contributed by atoms with Gasteiger partial charge in [-0.05, 0) is 73.2 Å². The summed E-state index contributed by atoms with van der Waals surface area (Å²) < 4.78 is 0. The number of hydrogen-bond donors (Lipinski definition) is 3. The maximum absolute atomic E-state index is 4.66. The minimum atomic E-state index is 0.360. The van der Waals surface area contributed by atoms with E-state index in [1.54, 1.807) is 6.33 Å².